The molecule has 0 saturated heterocycles. The highest BCUT2D eigenvalue weighted by Crippen LogP contribution is 2.22. The third-order valence-electron chi connectivity index (χ3n) is 3.75. The van der Waals surface area contributed by atoms with Crippen LogP contribution in [-0.4, -0.2) is 43.8 Å². The molecule has 0 spiro atoms. The molecule has 24 heavy (non-hydrogen) atoms. The standard InChI is InChI=1S/C16H11N5O3/c22-14(18-10-5-6-13-19-17-9-20(13)7-10)8-21-15(23)11-3-1-2-4-12(11)16(21)24/h1-7,9H,8H2,(H,18,22). The number of aromatic nitrogens is 3. The molecule has 0 radical (unpaired) electrons. The zero-order valence-corrected chi connectivity index (χ0v) is 12.3. The summed E-state index contributed by atoms with van der Waals surface area (Å²) in [5.74, 6) is -1.38. The number of imide groups is 1. The molecule has 8 nitrogen and oxygen atoms in total. The number of carbonyl (C=O) groups excluding carboxylic acids is 3. The molecule has 0 unspecified atom stereocenters. The monoisotopic (exact) mass is 321 g/mol. The second-order valence-electron chi connectivity index (χ2n) is 5.30. The highest BCUT2D eigenvalue weighted by molar-refractivity contribution is 6.22. The second kappa shape index (κ2) is 5.27. The maximum atomic E-state index is 12.2. The minimum Gasteiger partial charge on any atom is -0.323 e. The van der Waals surface area contributed by atoms with E-state index in [4.69, 9.17) is 0 Å². The van der Waals surface area contributed by atoms with E-state index in [9.17, 15) is 14.4 Å². The van der Waals surface area contributed by atoms with Gasteiger partial charge < -0.3 is 5.32 Å². The molecule has 0 fully saturated rings. The van der Waals surface area contributed by atoms with E-state index >= 15 is 0 Å². The molecule has 0 aliphatic carbocycles. The van der Waals surface area contributed by atoms with Gasteiger partial charge in [0.25, 0.3) is 11.8 Å². The summed E-state index contributed by atoms with van der Waals surface area (Å²) in [4.78, 5) is 37.6. The van der Waals surface area contributed by atoms with E-state index in [0.29, 0.717) is 22.5 Å². The van der Waals surface area contributed by atoms with Crippen molar-refractivity contribution in [2.24, 2.45) is 0 Å². The van der Waals surface area contributed by atoms with Crippen LogP contribution in [0.25, 0.3) is 5.65 Å². The van der Waals surface area contributed by atoms with Crippen LogP contribution < -0.4 is 5.32 Å². The van der Waals surface area contributed by atoms with E-state index in [2.05, 4.69) is 15.5 Å². The topological polar surface area (TPSA) is 96.7 Å². The number of fused-ring (bicyclic) bond motifs is 2. The van der Waals surface area contributed by atoms with Gasteiger partial charge in [-0.05, 0) is 24.3 Å². The zero-order chi connectivity index (χ0) is 16.7. The lowest BCUT2D eigenvalue weighted by atomic mass is 10.1. The summed E-state index contributed by atoms with van der Waals surface area (Å²) < 4.78 is 1.65. The molecule has 3 aromatic rings. The number of amides is 3. The van der Waals surface area contributed by atoms with Gasteiger partial charge in [-0.25, -0.2) is 0 Å². The molecule has 0 bridgehead atoms. The van der Waals surface area contributed by atoms with Gasteiger partial charge in [-0.15, -0.1) is 10.2 Å². The number of pyridine rings is 1. The normalized spacial score (nSPS) is 13.4. The van der Waals surface area contributed by atoms with Crippen molar-refractivity contribution in [2.75, 3.05) is 11.9 Å². The summed E-state index contributed by atoms with van der Waals surface area (Å²) >= 11 is 0. The average Bonchev–Trinajstić information content (AvgIpc) is 3.14. The van der Waals surface area contributed by atoms with Crippen molar-refractivity contribution in [1.82, 2.24) is 19.5 Å². The van der Waals surface area contributed by atoms with Gasteiger partial charge in [-0.2, -0.15) is 0 Å². The Hall–Kier alpha value is -3.55. The Morgan fingerprint density at radius 3 is 2.46 bits per heavy atom. The number of nitrogens with zero attached hydrogens (tertiary/aromatic N) is 4. The molecular formula is C16H11N5O3. The predicted molar refractivity (Wildman–Crippen MR) is 83.4 cm³/mol. The van der Waals surface area contributed by atoms with Gasteiger partial charge in [-0.3, -0.25) is 23.7 Å². The highest BCUT2D eigenvalue weighted by Gasteiger charge is 2.36. The fourth-order valence-electron chi connectivity index (χ4n) is 2.63. The van der Waals surface area contributed by atoms with E-state index in [0.717, 1.165) is 4.90 Å². The highest BCUT2D eigenvalue weighted by atomic mass is 16.2. The SMILES string of the molecule is O=C(CN1C(=O)c2ccccc2C1=O)Nc1ccc2nncn2c1. The summed E-state index contributed by atoms with van der Waals surface area (Å²) in [5.41, 5.74) is 1.81. The summed E-state index contributed by atoms with van der Waals surface area (Å²) in [5, 5.41) is 10.3. The van der Waals surface area contributed by atoms with E-state index in [1.165, 1.54) is 6.33 Å². The quantitative estimate of drug-likeness (QED) is 0.725. The van der Waals surface area contributed by atoms with Crippen LogP contribution >= 0.6 is 0 Å². The lowest BCUT2D eigenvalue weighted by Gasteiger charge is -2.13. The van der Waals surface area contributed by atoms with Gasteiger partial charge in [0.1, 0.15) is 12.9 Å². The van der Waals surface area contributed by atoms with Gasteiger partial charge in [0.15, 0.2) is 5.65 Å². The average molecular weight is 321 g/mol. The van der Waals surface area contributed by atoms with Gasteiger partial charge in [0, 0.05) is 6.20 Å². The Bertz CT molecular complexity index is 959. The molecule has 2 aromatic heterocycles. The third kappa shape index (κ3) is 2.21. The Balaban J connectivity index is 1.50. The molecular weight excluding hydrogens is 310 g/mol. The van der Waals surface area contributed by atoms with Crippen molar-refractivity contribution in [2.45, 2.75) is 0 Å². The molecule has 1 aliphatic rings. The van der Waals surface area contributed by atoms with Crippen LogP contribution in [0.1, 0.15) is 20.7 Å². The van der Waals surface area contributed by atoms with Crippen LogP contribution in [0.3, 0.4) is 0 Å². The van der Waals surface area contributed by atoms with Crippen molar-refractivity contribution in [3.63, 3.8) is 0 Å². The van der Waals surface area contributed by atoms with Crippen molar-refractivity contribution in [3.05, 3.63) is 60.0 Å². The van der Waals surface area contributed by atoms with E-state index in [-0.39, 0.29) is 6.54 Å². The molecule has 4 rings (SSSR count). The first-order valence-electron chi connectivity index (χ1n) is 7.18. The largest absolute Gasteiger partial charge is 0.323 e. The van der Waals surface area contributed by atoms with Crippen LogP contribution in [0.15, 0.2) is 48.9 Å². The summed E-state index contributed by atoms with van der Waals surface area (Å²) in [6.45, 7) is -0.341. The number of rotatable bonds is 3. The van der Waals surface area contributed by atoms with Gasteiger partial charge in [-0.1, -0.05) is 12.1 Å². The van der Waals surface area contributed by atoms with E-state index in [1.54, 1.807) is 47.0 Å². The Morgan fingerprint density at radius 1 is 1.04 bits per heavy atom. The van der Waals surface area contributed by atoms with E-state index < -0.39 is 17.7 Å². The first-order valence-corrected chi connectivity index (χ1v) is 7.18. The summed E-state index contributed by atoms with van der Waals surface area (Å²) in [7, 11) is 0. The number of benzene rings is 1. The smallest absolute Gasteiger partial charge is 0.262 e. The Kier molecular flexibility index (Phi) is 3.09. The molecule has 1 aliphatic heterocycles. The van der Waals surface area contributed by atoms with Crippen molar-refractivity contribution in [1.29, 1.82) is 0 Å². The number of carbonyl (C=O) groups is 3. The van der Waals surface area contributed by atoms with Crippen molar-refractivity contribution >= 4 is 29.1 Å². The molecule has 0 saturated carbocycles. The van der Waals surface area contributed by atoms with Crippen LogP contribution in [0.4, 0.5) is 5.69 Å². The maximum absolute atomic E-state index is 12.2. The molecule has 8 heteroatoms. The molecule has 3 amide bonds. The summed E-state index contributed by atoms with van der Waals surface area (Å²) in [6, 6.07) is 9.89. The van der Waals surface area contributed by atoms with Gasteiger partial charge in [0.2, 0.25) is 5.91 Å². The molecule has 0 atom stereocenters. The number of anilines is 1. The summed E-state index contributed by atoms with van der Waals surface area (Å²) in [6.07, 6.45) is 3.16. The second-order valence-corrected chi connectivity index (χ2v) is 5.30. The van der Waals surface area contributed by atoms with Crippen LogP contribution in [0, 0.1) is 0 Å². The number of hydrogen-bond acceptors (Lipinski definition) is 5. The maximum Gasteiger partial charge on any atom is 0.262 e. The minimum absolute atomic E-state index is 0.321. The fraction of sp³-hybridized carbons (Fsp3) is 0.0625. The van der Waals surface area contributed by atoms with Crippen LogP contribution in [0.5, 0.6) is 0 Å². The molecule has 118 valence electrons. The fourth-order valence-corrected chi connectivity index (χ4v) is 2.63. The van der Waals surface area contributed by atoms with Gasteiger partial charge in [0.05, 0.1) is 16.8 Å². The van der Waals surface area contributed by atoms with E-state index in [1.807, 2.05) is 0 Å². The molecule has 1 aromatic carbocycles. The first-order chi connectivity index (χ1) is 11.6. The molecule has 3 heterocycles. The Labute approximate surface area is 135 Å². The first kappa shape index (κ1) is 14.1. The zero-order valence-electron chi connectivity index (χ0n) is 12.3. The van der Waals surface area contributed by atoms with Crippen molar-refractivity contribution < 1.29 is 14.4 Å². The van der Waals surface area contributed by atoms with Gasteiger partial charge >= 0.3 is 0 Å². The number of nitrogens with one attached hydrogen (secondary N) is 1. The van der Waals surface area contributed by atoms with Crippen molar-refractivity contribution in [3.8, 4) is 0 Å². The lowest BCUT2D eigenvalue weighted by molar-refractivity contribution is -0.116. The third-order valence-corrected chi connectivity index (χ3v) is 3.75. The minimum atomic E-state index is -0.461. The molecule has 1 N–H and O–H groups in total. The Morgan fingerprint density at radius 2 is 1.75 bits per heavy atom. The lowest BCUT2D eigenvalue weighted by Crippen LogP contribution is -2.37. The van der Waals surface area contributed by atoms with Crippen LogP contribution in [-0.2, 0) is 4.79 Å². The number of hydrogen-bond donors (Lipinski definition) is 1. The van der Waals surface area contributed by atoms with Crippen LogP contribution in [0.2, 0.25) is 0 Å². The predicted octanol–water partition coefficient (Wildman–Crippen LogP) is 0.964.